The van der Waals surface area contributed by atoms with E-state index in [2.05, 4.69) is 9.80 Å². The minimum atomic E-state index is -0.331. The molecular formula is C25H28FN7O. The highest BCUT2D eigenvalue weighted by Gasteiger charge is 2.24. The molecular weight excluding hydrogens is 433 g/mol. The van der Waals surface area contributed by atoms with Gasteiger partial charge in [-0.15, -0.1) is 5.10 Å². The Kier molecular flexibility index (Phi) is 6.12. The van der Waals surface area contributed by atoms with Gasteiger partial charge in [-0.25, -0.2) is 14.1 Å². The van der Waals surface area contributed by atoms with Crippen LogP contribution < -0.4 is 10.6 Å². The molecule has 9 heteroatoms. The van der Waals surface area contributed by atoms with Crippen LogP contribution in [0.15, 0.2) is 48.5 Å². The molecule has 0 bridgehead atoms. The van der Waals surface area contributed by atoms with Gasteiger partial charge in [-0.3, -0.25) is 4.90 Å². The van der Waals surface area contributed by atoms with Crippen molar-refractivity contribution in [2.75, 3.05) is 57.1 Å². The quantitative estimate of drug-likeness (QED) is 0.472. The Labute approximate surface area is 197 Å². The maximum atomic E-state index is 14.1. The average molecular weight is 462 g/mol. The standard InChI is InChI=1S/C25H28FN7O/c1-17-5-3-8-20(15-17)33-23(27)21-22(18-6-4-7-19(26)16-18)28-25(29-24(21)30-33)32-11-9-31(10-12-32)13-14-34-2/h3-8,15-16H,9-14,27H2,1-2H3. The molecule has 2 aromatic carbocycles. The van der Waals surface area contributed by atoms with E-state index < -0.39 is 0 Å². The van der Waals surface area contributed by atoms with Gasteiger partial charge in [0.25, 0.3) is 0 Å². The molecule has 176 valence electrons. The number of halogens is 1. The van der Waals surface area contributed by atoms with Crippen LogP contribution in [0, 0.1) is 12.7 Å². The molecule has 8 nitrogen and oxygen atoms in total. The van der Waals surface area contributed by atoms with E-state index in [9.17, 15) is 4.39 Å². The zero-order valence-electron chi connectivity index (χ0n) is 19.4. The Morgan fingerprint density at radius 2 is 1.82 bits per heavy atom. The molecule has 1 aliphatic heterocycles. The second-order valence-corrected chi connectivity index (χ2v) is 8.54. The highest BCUT2D eigenvalue weighted by molar-refractivity contribution is 5.99. The smallest absolute Gasteiger partial charge is 0.228 e. The van der Waals surface area contributed by atoms with Gasteiger partial charge in [-0.1, -0.05) is 24.3 Å². The van der Waals surface area contributed by atoms with Gasteiger partial charge in [0.2, 0.25) is 5.95 Å². The molecule has 0 atom stereocenters. The normalized spacial score (nSPS) is 14.7. The van der Waals surface area contributed by atoms with Crippen LogP contribution in [0.3, 0.4) is 0 Å². The number of hydrogen-bond acceptors (Lipinski definition) is 7. The lowest BCUT2D eigenvalue weighted by atomic mass is 10.1. The van der Waals surface area contributed by atoms with E-state index in [1.807, 2.05) is 37.3 Å². The van der Waals surface area contributed by atoms with Crippen molar-refractivity contribution in [3.05, 3.63) is 59.9 Å². The number of piperazine rings is 1. The number of ether oxygens (including phenoxy) is 1. The number of hydrogen-bond donors (Lipinski definition) is 1. The van der Waals surface area contributed by atoms with Crippen molar-refractivity contribution >= 4 is 22.8 Å². The number of benzene rings is 2. The summed E-state index contributed by atoms with van der Waals surface area (Å²) < 4.78 is 21.0. The molecule has 0 aliphatic carbocycles. The van der Waals surface area contributed by atoms with Crippen LogP contribution in [-0.2, 0) is 4.74 Å². The lowest BCUT2D eigenvalue weighted by Crippen LogP contribution is -2.47. The van der Waals surface area contributed by atoms with Gasteiger partial charge in [0.15, 0.2) is 5.65 Å². The molecule has 0 saturated carbocycles. The molecule has 1 fully saturated rings. The first-order valence-corrected chi connectivity index (χ1v) is 11.4. The van der Waals surface area contributed by atoms with Crippen LogP contribution in [0.4, 0.5) is 16.2 Å². The maximum Gasteiger partial charge on any atom is 0.228 e. The summed E-state index contributed by atoms with van der Waals surface area (Å²) in [5, 5.41) is 5.36. The number of rotatable bonds is 6. The highest BCUT2D eigenvalue weighted by atomic mass is 19.1. The average Bonchev–Trinajstić information content (AvgIpc) is 3.19. The van der Waals surface area contributed by atoms with Crippen molar-refractivity contribution in [3.8, 4) is 16.9 Å². The Bertz CT molecular complexity index is 1310. The first kappa shape index (κ1) is 22.2. The van der Waals surface area contributed by atoms with Crippen molar-refractivity contribution < 1.29 is 9.13 Å². The third-order valence-electron chi connectivity index (χ3n) is 6.17. The Morgan fingerprint density at radius 3 is 2.56 bits per heavy atom. The monoisotopic (exact) mass is 461 g/mol. The molecule has 3 heterocycles. The maximum absolute atomic E-state index is 14.1. The first-order chi connectivity index (χ1) is 16.5. The fourth-order valence-electron chi connectivity index (χ4n) is 4.33. The molecule has 2 N–H and O–H groups in total. The number of fused-ring (bicyclic) bond motifs is 1. The topological polar surface area (TPSA) is 85.3 Å². The van der Waals surface area contributed by atoms with Crippen molar-refractivity contribution in [2.45, 2.75) is 6.92 Å². The summed E-state index contributed by atoms with van der Waals surface area (Å²) in [6.45, 7) is 6.97. The van der Waals surface area contributed by atoms with Gasteiger partial charge in [0.05, 0.1) is 23.4 Å². The lowest BCUT2D eigenvalue weighted by molar-refractivity contribution is 0.144. The summed E-state index contributed by atoms with van der Waals surface area (Å²) in [4.78, 5) is 14.2. The molecule has 0 unspecified atom stereocenters. The molecule has 2 aromatic heterocycles. The van der Waals surface area contributed by atoms with E-state index in [0.29, 0.717) is 40.7 Å². The summed E-state index contributed by atoms with van der Waals surface area (Å²) in [5.74, 6) is 0.671. The number of nitrogens with two attached hydrogens (primary N) is 1. The second-order valence-electron chi connectivity index (χ2n) is 8.54. The molecule has 1 aliphatic rings. The first-order valence-electron chi connectivity index (χ1n) is 11.4. The van der Waals surface area contributed by atoms with Crippen molar-refractivity contribution in [2.24, 2.45) is 0 Å². The number of nitrogens with zero attached hydrogens (tertiary/aromatic N) is 6. The Hall–Kier alpha value is -3.56. The van der Waals surface area contributed by atoms with Gasteiger partial charge in [-0.05, 0) is 36.8 Å². The molecule has 0 spiro atoms. The SMILES string of the molecule is COCCN1CCN(c2nc(-c3cccc(F)c3)c3c(N)n(-c4cccc(C)c4)nc3n2)CC1. The summed E-state index contributed by atoms with van der Waals surface area (Å²) in [6, 6.07) is 14.3. The van der Waals surface area contributed by atoms with Crippen molar-refractivity contribution in [1.82, 2.24) is 24.6 Å². The van der Waals surface area contributed by atoms with E-state index in [-0.39, 0.29) is 5.82 Å². The Morgan fingerprint density at radius 1 is 1.03 bits per heavy atom. The van der Waals surface area contributed by atoms with Gasteiger partial charge >= 0.3 is 0 Å². The second kappa shape index (κ2) is 9.36. The zero-order valence-corrected chi connectivity index (χ0v) is 19.4. The fourth-order valence-corrected chi connectivity index (χ4v) is 4.33. The lowest BCUT2D eigenvalue weighted by Gasteiger charge is -2.34. The van der Waals surface area contributed by atoms with Gasteiger partial charge in [-0.2, -0.15) is 4.98 Å². The number of aromatic nitrogens is 4. The van der Waals surface area contributed by atoms with Gasteiger partial charge < -0.3 is 15.4 Å². The molecule has 4 aromatic rings. The van der Waals surface area contributed by atoms with Gasteiger partial charge in [0, 0.05) is 45.4 Å². The minimum Gasteiger partial charge on any atom is -0.383 e. The van der Waals surface area contributed by atoms with E-state index in [1.54, 1.807) is 17.9 Å². The van der Waals surface area contributed by atoms with Crippen LogP contribution in [-0.4, -0.2) is 71.1 Å². The molecule has 0 radical (unpaired) electrons. The number of anilines is 2. The molecule has 34 heavy (non-hydrogen) atoms. The third kappa shape index (κ3) is 4.32. The summed E-state index contributed by atoms with van der Waals surface area (Å²) in [6.07, 6.45) is 0. The minimum absolute atomic E-state index is 0.331. The number of nitrogen functional groups attached to an aromatic ring is 1. The number of aryl methyl sites for hydroxylation is 1. The van der Waals surface area contributed by atoms with E-state index in [1.165, 1.54) is 12.1 Å². The van der Waals surface area contributed by atoms with Crippen LogP contribution in [0.25, 0.3) is 28.0 Å². The van der Waals surface area contributed by atoms with Crippen molar-refractivity contribution in [1.29, 1.82) is 0 Å². The summed E-state index contributed by atoms with van der Waals surface area (Å²) in [7, 11) is 1.72. The third-order valence-corrected chi connectivity index (χ3v) is 6.17. The molecule has 0 amide bonds. The summed E-state index contributed by atoms with van der Waals surface area (Å²) >= 11 is 0. The predicted octanol–water partition coefficient (Wildman–Crippen LogP) is 3.28. The van der Waals surface area contributed by atoms with E-state index in [0.717, 1.165) is 44.0 Å². The van der Waals surface area contributed by atoms with E-state index in [4.69, 9.17) is 25.5 Å². The van der Waals surface area contributed by atoms with E-state index >= 15 is 0 Å². The van der Waals surface area contributed by atoms with Crippen LogP contribution in [0.1, 0.15) is 5.56 Å². The van der Waals surface area contributed by atoms with Crippen LogP contribution in [0.5, 0.6) is 0 Å². The Balaban J connectivity index is 1.60. The molecule has 1 saturated heterocycles. The fraction of sp³-hybridized carbons (Fsp3) is 0.320. The summed E-state index contributed by atoms with van der Waals surface area (Å²) in [5.41, 5.74) is 10.2. The largest absolute Gasteiger partial charge is 0.383 e. The highest BCUT2D eigenvalue weighted by Crippen LogP contribution is 2.34. The van der Waals surface area contributed by atoms with Gasteiger partial charge in [0.1, 0.15) is 11.6 Å². The van der Waals surface area contributed by atoms with Crippen LogP contribution in [0.2, 0.25) is 0 Å². The number of methoxy groups -OCH3 is 1. The molecule has 5 rings (SSSR count). The predicted molar refractivity (Wildman–Crippen MR) is 132 cm³/mol. The van der Waals surface area contributed by atoms with Crippen LogP contribution >= 0.6 is 0 Å². The zero-order chi connectivity index (χ0) is 23.7. The van der Waals surface area contributed by atoms with Crippen molar-refractivity contribution in [3.63, 3.8) is 0 Å².